The molecule has 0 aliphatic rings. The highest BCUT2D eigenvalue weighted by Crippen LogP contribution is 2.35. The number of hydrogen-bond acceptors (Lipinski definition) is 0. The van der Waals surface area contributed by atoms with E-state index in [1.807, 2.05) is 0 Å². The maximum absolute atomic E-state index is 2.43. The molecule has 0 N–H and O–H groups in total. The minimum atomic E-state index is -0.569. The van der Waals surface area contributed by atoms with E-state index < -0.39 is 7.92 Å². The van der Waals surface area contributed by atoms with Gasteiger partial charge in [-0.25, -0.2) is 0 Å². The Balaban J connectivity index is 2.18. The maximum Gasteiger partial charge on any atom is -0.0134 e. The summed E-state index contributed by atoms with van der Waals surface area (Å²) in [6.45, 7) is 13.7. The smallest absolute Gasteiger partial charge is 0.0134 e. The topological polar surface area (TPSA) is 0 Å². The third-order valence-electron chi connectivity index (χ3n) is 5.39. The van der Waals surface area contributed by atoms with E-state index in [-0.39, 0.29) is 0 Å². The van der Waals surface area contributed by atoms with Gasteiger partial charge in [-0.2, -0.15) is 0 Å². The molecule has 0 heterocycles. The van der Waals surface area contributed by atoms with Crippen LogP contribution in [0.1, 0.15) is 76.0 Å². The Labute approximate surface area is 172 Å². The molecule has 0 nitrogen and oxygen atoms in total. The molecule has 0 fully saturated rings. The fraction of sp³-hybridized carbons (Fsp3) is 0.333. The van der Waals surface area contributed by atoms with Gasteiger partial charge < -0.3 is 0 Å². The molecule has 146 valence electrons. The van der Waals surface area contributed by atoms with Gasteiger partial charge in [-0.1, -0.05) is 114 Å². The number of rotatable bonds is 6. The van der Waals surface area contributed by atoms with Crippen molar-refractivity contribution in [3.63, 3.8) is 0 Å². The first kappa shape index (κ1) is 20.8. The molecular formula is C27H33P. The van der Waals surface area contributed by atoms with Crippen LogP contribution in [0.15, 0.2) is 72.8 Å². The predicted molar refractivity (Wildman–Crippen MR) is 127 cm³/mol. The summed E-state index contributed by atoms with van der Waals surface area (Å²) in [5.74, 6) is 1.63. The summed E-state index contributed by atoms with van der Waals surface area (Å²) in [5.41, 5.74) is 4.26. The van der Waals surface area contributed by atoms with Crippen LogP contribution in [-0.4, -0.2) is 0 Å². The van der Waals surface area contributed by atoms with Gasteiger partial charge in [0.2, 0.25) is 0 Å². The summed E-state index contributed by atoms with van der Waals surface area (Å²) < 4.78 is 0. The van der Waals surface area contributed by atoms with E-state index in [0.717, 1.165) is 0 Å². The summed E-state index contributed by atoms with van der Waals surface area (Å²) in [7, 11) is -0.569. The molecular weight excluding hydrogens is 355 g/mol. The van der Waals surface area contributed by atoms with Crippen molar-refractivity contribution < 1.29 is 0 Å². The van der Waals surface area contributed by atoms with E-state index >= 15 is 0 Å². The highest BCUT2D eigenvalue weighted by molar-refractivity contribution is 7.79. The molecule has 3 rings (SSSR count). The Kier molecular flexibility index (Phi) is 6.73. The van der Waals surface area contributed by atoms with E-state index in [1.54, 1.807) is 0 Å². The molecule has 0 aliphatic carbocycles. The molecule has 0 aromatic heterocycles. The molecule has 0 radical (unpaired) electrons. The third-order valence-corrected chi connectivity index (χ3v) is 7.77. The molecule has 3 aromatic carbocycles. The fourth-order valence-corrected chi connectivity index (χ4v) is 5.95. The van der Waals surface area contributed by atoms with Gasteiger partial charge >= 0.3 is 0 Å². The SMILES string of the molecule is CC(C)c1cccc(P(c2cccc(C(C)C)c2)c2cccc(C(C)C)c2)c1. The van der Waals surface area contributed by atoms with E-state index in [0.29, 0.717) is 17.8 Å². The van der Waals surface area contributed by atoms with Gasteiger partial charge in [-0.15, -0.1) is 0 Å². The van der Waals surface area contributed by atoms with E-state index in [9.17, 15) is 0 Å². The minimum absolute atomic E-state index is 0.542. The first-order valence-corrected chi connectivity index (χ1v) is 11.8. The molecule has 0 saturated heterocycles. The van der Waals surface area contributed by atoms with E-state index in [1.165, 1.54) is 32.6 Å². The molecule has 0 saturated carbocycles. The minimum Gasteiger partial charge on any atom is -0.0613 e. The Morgan fingerprint density at radius 1 is 0.464 bits per heavy atom. The maximum atomic E-state index is 2.43. The molecule has 0 aliphatic heterocycles. The Morgan fingerprint density at radius 2 is 0.750 bits per heavy atom. The van der Waals surface area contributed by atoms with Crippen LogP contribution in [0.3, 0.4) is 0 Å². The van der Waals surface area contributed by atoms with Gasteiger partial charge in [0.1, 0.15) is 0 Å². The predicted octanol–water partition coefficient (Wildman–Crippen LogP) is 6.82. The lowest BCUT2D eigenvalue weighted by Gasteiger charge is -2.23. The average molecular weight is 389 g/mol. The first-order valence-electron chi connectivity index (χ1n) is 10.5. The van der Waals surface area contributed by atoms with Crippen LogP contribution >= 0.6 is 7.92 Å². The van der Waals surface area contributed by atoms with E-state index in [4.69, 9.17) is 0 Å². The summed E-state index contributed by atoms with van der Waals surface area (Å²) in [6.07, 6.45) is 0. The van der Waals surface area contributed by atoms with Crippen molar-refractivity contribution in [2.75, 3.05) is 0 Å². The van der Waals surface area contributed by atoms with Crippen LogP contribution in [0.25, 0.3) is 0 Å². The van der Waals surface area contributed by atoms with Crippen molar-refractivity contribution in [2.24, 2.45) is 0 Å². The van der Waals surface area contributed by atoms with Gasteiger partial charge in [0.25, 0.3) is 0 Å². The molecule has 28 heavy (non-hydrogen) atoms. The number of hydrogen-bond donors (Lipinski definition) is 0. The monoisotopic (exact) mass is 388 g/mol. The zero-order valence-electron chi connectivity index (χ0n) is 18.1. The van der Waals surface area contributed by atoms with Crippen molar-refractivity contribution in [1.29, 1.82) is 0 Å². The van der Waals surface area contributed by atoms with Gasteiger partial charge in [0, 0.05) is 0 Å². The standard InChI is InChI=1S/C27H33P/c1-19(2)22-10-7-13-25(16-22)28(26-14-8-11-23(17-26)20(3)4)27-15-9-12-24(18-27)21(5)6/h7-21H,1-6H3. The van der Waals surface area contributed by atoms with Crippen LogP contribution in [0, 0.1) is 0 Å². The van der Waals surface area contributed by atoms with Crippen molar-refractivity contribution in [2.45, 2.75) is 59.3 Å². The average Bonchev–Trinajstić information content (AvgIpc) is 2.69. The van der Waals surface area contributed by atoms with Crippen molar-refractivity contribution >= 4 is 23.8 Å². The van der Waals surface area contributed by atoms with Crippen LogP contribution < -0.4 is 15.9 Å². The molecule has 0 bridgehead atoms. The molecule has 0 spiro atoms. The zero-order valence-corrected chi connectivity index (χ0v) is 19.0. The third kappa shape index (κ3) is 4.73. The fourth-order valence-electron chi connectivity index (χ4n) is 3.52. The first-order chi connectivity index (χ1) is 13.4. The van der Waals surface area contributed by atoms with Gasteiger partial charge in [0.15, 0.2) is 0 Å². The Bertz CT molecular complexity index is 798. The van der Waals surface area contributed by atoms with Gasteiger partial charge in [-0.3, -0.25) is 0 Å². The second-order valence-electron chi connectivity index (χ2n) is 8.58. The quantitative estimate of drug-likeness (QED) is 0.407. The highest BCUT2D eigenvalue weighted by atomic mass is 31.1. The summed E-state index contributed by atoms with van der Waals surface area (Å²) in [4.78, 5) is 0. The lowest BCUT2D eigenvalue weighted by atomic mass is 10.0. The van der Waals surface area contributed by atoms with Crippen molar-refractivity contribution in [3.05, 3.63) is 89.5 Å². The van der Waals surface area contributed by atoms with Crippen molar-refractivity contribution in [3.8, 4) is 0 Å². The lowest BCUT2D eigenvalue weighted by Crippen LogP contribution is -2.22. The zero-order chi connectivity index (χ0) is 20.3. The van der Waals surface area contributed by atoms with Crippen molar-refractivity contribution in [1.82, 2.24) is 0 Å². The largest absolute Gasteiger partial charge is 0.0613 e. The molecule has 0 amide bonds. The molecule has 0 atom stereocenters. The van der Waals surface area contributed by atoms with Crippen LogP contribution in [-0.2, 0) is 0 Å². The van der Waals surface area contributed by atoms with E-state index in [2.05, 4.69) is 114 Å². The van der Waals surface area contributed by atoms with Crippen LogP contribution in [0.2, 0.25) is 0 Å². The Hall–Kier alpha value is -1.91. The number of benzene rings is 3. The van der Waals surface area contributed by atoms with Gasteiger partial charge in [0.05, 0.1) is 0 Å². The summed E-state index contributed by atoms with van der Waals surface area (Å²) >= 11 is 0. The lowest BCUT2D eigenvalue weighted by molar-refractivity contribution is 0.867. The highest BCUT2D eigenvalue weighted by Gasteiger charge is 2.19. The molecule has 0 unspecified atom stereocenters. The van der Waals surface area contributed by atoms with Crippen LogP contribution in [0.4, 0.5) is 0 Å². The molecule has 1 heteroatoms. The summed E-state index contributed by atoms with van der Waals surface area (Å²) in [6, 6.07) is 27.7. The van der Waals surface area contributed by atoms with Crippen LogP contribution in [0.5, 0.6) is 0 Å². The normalized spacial score (nSPS) is 11.8. The Morgan fingerprint density at radius 3 is 1.00 bits per heavy atom. The van der Waals surface area contributed by atoms with Gasteiger partial charge in [-0.05, 0) is 58.3 Å². The molecule has 3 aromatic rings. The second-order valence-corrected chi connectivity index (χ2v) is 10.8. The summed E-state index contributed by atoms with van der Waals surface area (Å²) in [5, 5.41) is 4.34. The second kappa shape index (κ2) is 9.06.